The largest absolute Gasteiger partial charge is 0.409 e. The molecule has 0 aliphatic carbocycles. The highest BCUT2D eigenvalue weighted by molar-refractivity contribution is 7.99. The van der Waals surface area contributed by atoms with E-state index in [0.29, 0.717) is 0 Å². The van der Waals surface area contributed by atoms with Gasteiger partial charge in [0, 0.05) is 21.4 Å². The fourth-order valence-corrected chi connectivity index (χ4v) is 2.30. The summed E-state index contributed by atoms with van der Waals surface area (Å²) >= 11 is 0.818. The van der Waals surface area contributed by atoms with Crippen molar-refractivity contribution in [2.24, 2.45) is 10.9 Å². The van der Waals surface area contributed by atoms with Crippen LogP contribution in [0, 0.1) is 17.5 Å². The van der Waals surface area contributed by atoms with Crippen molar-refractivity contribution in [2.45, 2.75) is 9.79 Å². The molecular formula is C13H9F3N2OS. The van der Waals surface area contributed by atoms with Crippen molar-refractivity contribution < 1.29 is 18.4 Å². The van der Waals surface area contributed by atoms with E-state index < -0.39 is 17.5 Å². The van der Waals surface area contributed by atoms with Gasteiger partial charge in [0.15, 0.2) is 5.84 Å². The van der Waals surface area contributed by atoms with Crippen LogP contribution >= 0.6 is 11.8 Å². The summed E-state index contributed by atoms with van der Waals surface area (Å²) in [4.78, 5) is 0.242. The SMILES string of the molecule is N/C(=N\O)c1ccc(Sc2ccc(F)cc2F)c(F)c1. The van der Waals surface area contributed by atoms with Crippen LogP contribution in [-0.2, 0) is 0 Å². The molecule has 7 heteroatoms. The molecule has 0 saturated carbocycles. The highest BCUT2D eigenvalue weighted by atomic mass is 32.2. The van der Waals surface area contributed by atoms with Gasteiger partial charge in [0.05, 0.1) is 0 Å². The fraction of sp³-hybridized carbons (Fsp3) is 0. The lowest BCUT2D eigenvalue weighted by Crippen LogP contribution is -2.13. The summed E-state index contributed by atoms with van der Waals surface area (Å²) < 4.78 is 40.1. The summed E-state index contributed by atoms with van der Waals surface area (Å²) in [5, 5.41) is 11.3. The number of nitrogens with two attached hydrogens (primary N) is 1. The fourth-order valence-electron chi connectivity index (χ4n) is 1.48. The van der Waals surface area contributed by atoms with Gasteiger partial charge in [0.2, 0.25) is 0 Å². The molecule has 0 radical (unpaired) electrons. The third-order valence-electron chi connectivity index (χ3n) is 2.45. The van der Waals surface area contributed by atoms with Crippen molar-refractivity contribution in [3.05, 3.63) is 59.4 Å². The number of benzene rings is 2. The lowest BCUT2D eigenvalue weighted by Gasteiger charge is -2.06. The second kappa shape index (κ2) is 5.87. The van der Waals surface area contributed by atoms with Gasteiger partial charge < -0.3 is 10.9 Å². The highest BCUT2D eigenvalue weighted by Gasteiger charge is 2.11. The van der Waals surface area contributed by atoms with Crippen molar-refractivity contribution in [1.82, 2.24) is 0 Å². The second-order valence-electron chi connectivity index (χ2n) is 3.81. The summed E-state index contributed by atoms with van der Waals surface area (Å²) in [6.45, 7) is 0. The van der Waals surface area contributed by atoms with Crippen LogP contribution in [0.15, 0.2) is 51.3 Å². The zero-order chi connectivity index (χ0) is 14.7. The van der Waals surface area contributed by atoms with Crippen LogP contribution in [0.25, 0.3) is 0 Å². The molecule has 0 heterocycles. The molecule has 104 valence electrons. The van der Waals surface area contributed by atoms with Crippen LogP contribution in [0.5, 0.6) is 0 Å². The number of rotatable bonds is 3. The topological polar surface area (TPSA) is 58.6 Å². The van der Waals surface area contributed by atoms with E-state index in [2.05, 4.69) is 5.16 Å². The first-order valence-corrected chi connectivity index (χ1v) is 6.23. The molecule has 3 N–H and O–H groups in total. The minimum absolute atomic E-state index is 0.0989. The summed E-state index contributed by atoms with van der Waals surface area (Å²) in [6.07, 6.45) is 0. The summed E-state index contributed by atoms with van der Waals surface area (Å²) in [5.41, 5.74) is 5.53. The molecule has 0 amide bonds. The van der Waals surface area contributed by atoms with Gasteiger partial charge in [-0.15, -0.1) is 0 Å². The minimum Gasteiger partial charge on any atom is -0.409 e. The first kappa shape index (κ1) is 14.3. The molecule has 0 spiro atoms. The van der Waals surface area contributed by atoms with Gasteiger partial charge >= 0.3 is 0 Å². The van der Waals surface area contributed by atoms with Crippen molar-refractivity contribution in [3.63, 3.8) is 0 Å². The maximum absolute atomic E-state index is 13.8. The molecule has 0 saturated heterocycles. The minimum atomic E-state index is -0.769. The Morgan fingerprint density at radius 2 is 1.60 bits per heavy atom. The number of hydrogen-bond donors (Lipinski definition) is 2. The molecule has 0 unspecified atom stereocenters. The average molecular weight is 298 g/mol. The number of amidine groups is 1. The maximum atomic E-state index is 13.8. The van der Waals surface area contributed by atoms with Crippen LogP contribution < -0.4 is 5.73 Å². The van der Waals surface area contributed by atoms with E-state index in [1.165, 1.54) is 18.2 Å². The van der Waals surface area contributed by atoms with E-state index in [1.807, 2.05) is 0 Å². The first-order valence-electron chi connectivity index (χ1n) is 5.41. The monoisotopic (exact) mass is 298 g/mol. The molecule has 0 aliphatic heterocycles. The Balaban J connectivity index is 2.30. The lowest BCUT2D eigenvalue weighted by molar-refractivity contribution is 0.318. The Morgan fingerprint density at radius 3 is 2.15 bits per heavy atom. The van der Waals surface area contributed by atoms with E-state index in [4.69, 9.17) is 10.9 Å². The Hall–Kier alpha value is -2.15. The molecule has 0 atom stereocenters. The van der Waals surface area contributed by atoms with Gasteiger partial charge in [-0.2, -0.15) is 0 Å². The van der Waals surface area contributed by atoms with Crippen LogP contribution in [0.3, 0.4) is 0 Å². The molecule has 0 fully saturated rings. The van der Waals surface area contributed by atoms with Crippen LogP contribution in [0.4, 0.5) is 13.2 Å². The molecule has 2 aromatic carbocycles. The molecule has 3 nitrogen and oxygen atoms in total. The summed E-state index contributed by atoms with van der Waals surface area (Å²) in [5.74, 6) is -2.35. The van der Waals surface area contributed by atoms with E-state index in [1.54, 1.807) is 0 Å². The summed E-state index contributed by atoms with van der Waals surface area (Å²) in [7, 11) is 0. The zero-order valence-corrected chi connectivity index (χ0v) is 10.8. The molecule has 0 aromatic heterocycles. The third kappa shape index (κ3) is 3.05. The van der Waals surface area contributed by atoms with Gasteiger partial charge in [0.25, 0.3) is 0 Å². The number of hydrogen-bond acceptors (Lipinski definition) is 3. The van der Waals surface area contributed by atoms with Gasteiger partial charge in [-0.05, 0) is 30.3 Å². The number of oxime groups is 1. The second-order valence-corrected chi connectivity index (χ2v) is 4.89. The smallest absolute Gasteiger partial charge is 0.170 e. The molecule has 2 aromatic rings. The standard InChI is InChI=1S/C13H9F3N2OS/c14-8-2-4-12(10(16)6-8)20-11-3-1-7(5-9(11)15)13(17)18-19/h1-6,19H,(H2,17,18). The normalized spacial score (nSPS) is 11.7. The van der Waals surface area contributed by atoms with Crippen molar-refractivity contribution in [3.8, 4) is 0 Å². The Kier molecular flexibility index (Phi) is 4.19. The predicted molar refractivity (Wildman–Crippen MR) is 69.4 cm³/mol. The maximum Gasteiger partial charge on any atom is 0.170 e. The molecular weight excluding hydrogens is 289 g/mol. The zero-order valence-electron chi connectivity index (χ0n) is 9.98. The quantitative estimate of drug-likeness (QED) is 0.395. The van der Waals surface area contributed by atoms with E-state index >= 15 is 0 Å². The van der Waals surface area contributed by atoms with Gasteiger partial charge in [-0.1, -0.05) is 16.9 Å². The molecule has 2 rings (SSSR count). The lowest BCUT2D eigenvalue weighted by atomic mass is 10.2. The average Bonchev–Trinajstić information content (AvgIpc) is 2.42. The molecule has 20 heavy (non-hydrogen) atoms. The van der Waals surface area contributed by atoms with Crippen LogP contribution in [-0.4, -0.2) is 11.0 Å². The van der Waals surface area contributed by atoms with E-state index in [9.17, 15) is 13.2 Å². The number of halogens is 3. The van der Waals surface area contributed by atoms with Gasteiger partial charge in [-0.3, -0.25) is 0 Å². The number of nitrogens with zero attached hydrogens (tertiary/aromatic N) is 1. The van der Waals surface area contributed by atoms with E-state index in [0.717, 1.165) is 30.0 Å². The van der Waals surface area contributed by atoms with Gasteiger partial charge in [-0.25, -0.2) is 13.2 Å². The summed E-state index contributed by atoms with van der Waals surface area (Å²) in [6, 6.07) is 6.92. The predicted octanol–water partition coefficient (Wildman–Crippen LogP) is 3.35. The molecule has 0 aliphatic rings. The Bertz CT molecular complexity index is 677. The van der Waals surface area contributed by atoms with Crippen LogP contribution in [0.1, 0.15) is 5.56 Å². The van der Waals surface area contributed by atoms with Crippen molar-refractivity contribution in [1.29, 1.82) is 0 Å². The Labute approximate surface area is 116 Å². The van der Waals surface area contributed by atoms with Crippen molar-refractivity contribution >= 4 is 17.6 Å². The first-order chi connectivity index (χ1) is 9.51. The third-order valence-corrected chi connectivity index (χ3v) is 3.55. The Morgan fingerprint density at radius 1 is 1.00 bits per heavy atom. The highest BCUT2D eigenvalue weighted by Crippen LogP contribution is 2.32. The van der Waals surface area contributed by atoms with Crippen molar-refractivity contribution in [2.75, 3.05) is 0 Å². The van der Waals surface area contributed by atoms with Crippen LogP contribution in [0.2, 0.25) is 0 Å². The van der Waals surface area contributed by atoms with Gasteiger partial charge in [0.1, 0.15) is 17.5 Å². The van der Waals surface area contributed by atoms with E-state index in [-0.39, 0.29) is 21.2 Å². The molecule has 0 bridgehead atoms.